The number of nitrogens with one attached hydrogen (secondary N) is 2. The van der Waals surface area contributed by atoms with E-state index in [0.717, 1.165) is 0 Å². The fourth-order valence-electron chi connectivity index (χ4n) is 1.07. The van der Waals surface area contributed by atoms with Crippen LogP contribution in [0.15, 0.2) is 24.3 Å². The van der Waals surface area contributed by atoms with Crippen LogP contribution < -0.4 is 16.5 Å². The van der Waals surface area contributed by atoms with Crippen molar-refractivity contribution in [1.29, 1.82) is 0 Å². The third kappa shape index (κ3) is 4.84. The van der Waals surface area contributed by atoms with E-state index < -0.39 is 17.5 Å². The summed E-state index contributed by atoms with van der Waals surface area (Å²) in [6.45, 7) is 5.44. The van der Waals surface area contributed by atoms with E-state index in [-0.39, 0.29) is 0 Å². The number of carbonyl (C=O) groups excluding carboxylic acids is 2. The lowest BCUT2D eigenvalue weighted by atomic mass is 10.2. The number of amides is 3. The zero-order valence-electron chi connectivity index (χ0n) is 10.6. The number of primary amides is 1. The minimum absolute atomic E-state index is 0.381. The van der Waals surface area contributed by atoms with E-state index in [9.17, 15) is 9.59 Å². The average Bonchev–Trinajstić information content (AvgIpc) is 2.26. The minimum atomic E-state index is -0.512. The van der Waals surface area contributed by atoms with Crippen molar-refractivity contribution in [2.24, 2.45) is 5.73 Å². The Kier molecular flexibility index (Phi) is 4.28. The molecule has 0 saturated carbocycles. The number of rotatable bonds is 3. The molecule has 6 nitrogen and oxygen atoms in total. The van der Waals surface area contributed by atoms with Gasteiger partial charge in [-0.05, 0) is 45.0 Å². The zero-order valence-corrected chi connectivity index (χ0v) is 10.6. The van der Waals surface area contributed by atoms with Gasteiger partial charge in [-0.2, -0.15) is 0 Å². The van der Waals surface area contributed by atoms with Crippen LogP contribution in [0.4, 0.5) is 10.5 Å². The molecule has 6 heteroatoms. The predicted octanol–water partition coefficient (Wildman–Crippen LogP) is 1.64. The SMILES string of the molecule is CC(C)(C)ONC(=O)Nc1ccc(C(N)=O)cc1. The fourth-order valence-corrected chi connectivity index (χ4v) is 1.07. The number of anilines is 1. The number of nitrogens with two attached hydrogens (primary N) is 1. The van der Waals surface area contributed by atoms with Crippen molar-refractivity contribution in [2.45, 2.75) is 26.4 Å². The maximum absolute atomic E-state index is 11.4. The second kappa shape index (κ2) is 5.50. The van der Waals surface area contributed by atoms with Crippen molar-refractivity contribution in [3.05, 3.63) is 29.8 Å². The standard InChI is InChI=1S/C12H17N3O3/c1-12(2,3)18-15-11(17)14-9-6-4-8(5-7-9)10(13)16/h4-7H,1-3H3,(H2,13,16)(H2,14,15,17). The van der Waals surface area contributed by atoms with Crippen LogP contribution >= 0.6 is 0 Å². The van der Waals surface area contributed by atoms with E-state index >= 15 is 0 Å². The summed E-state index contributed by atoms with van der Waals surface area (Å²) in [5, 5.41) is 2.55. The summed E-state index contributed by atoms with van der Waals surface area (Å²) in [6.07, 6.45) is 0. The van der Waals surface area contributed by atoms with E-state index in [1.807, 2.05) is 20.8 Å². The molecule has 98 valence electrons. The number of hydrogen-bond acceptors (Lipinski definition) is 3. The van der Waals surface area contributed by atoms with E-state index in [1.54, 1.807) is 12.1 Å². The van der Waals surface area contributed by atoms with Gasteiger partial charge in [0.25, 0.3) is 0 Å². The van der Waals surface area contributed by atoms with Gasteiger partial charge < -0.3 is 11.1 Å². The third-order valence-corrected chi connectivity index (χ3v) is 1.88. The monoisotopic (exact) mass is 251 g/mol. The Morgan fingerprint density at radius 1 is 1.17 bits per heavy atom. The Morgan fingerprint density at radius 2 is 1.72 bits per heavy atom. The molecular formula is C12H17N3O3. The Labute approximate surface area is 105 Å². The molecule has 18 heavy (non-hydrogen) atoms. The first-order chi connectivity index (χ1) is 8.28. The summed E-state index contributed by atoms with van der Waals surface area (Å²) in [7, 11) is 0. The van der Waals surface area contributed by atoms with Gasteiger partial charge in [-0.1, -0.05) is 0 Å². The molecule has 4 N–H and O–H groups in total. The van der Waals surface area contributed by atoms with Gasteiger partial charge in [0.2, 0.25) is 5.91 Å². The molecule has 0 spiro atoms. The molecule has 0 atom stereocenters. The summed E-state index contributed by atoms with van der Waals surface area (Å²) < 4.78 is 0. The predicted molar refractivity (Wildman–Crippen MR) is 68.0 cm³/mol. The van der Waals surface area contributed by atoms with Gasteiger partial charge in [0.05, 0.1) is 5.60 Å². The van der Waals surface area contributed by atoms with Crippen LogP contribution in [0.5, 0.6) is 0 Å². The van der Waals surface area contributed by atoms with Crippen LogP contribution in [0.2, 0.25) is 0 Å². The van der Waals surface area contributed by atoms with Gasteiger partial charge in [-0.3, -0.25) is 9.63 Å². The van der Waals surface area contributed by atoms with Crippen LogP contribution in [0.25, 0.3) is 0 Å². The summed E-state index contributed by atoms with van der Waals surface area (Å²) in [6, 6.07) is 5.73. The Hall–Kier alpha value is -2.08. The van der Waals surface area contributed by atoms with Crippen LogP contribution in [0, 0.1) is 0 Å². The highest BCUT2D eigenvalue weighted by Gasteiger charge is 2.12. The van der Waals surface area contributed by atoms with E-state index in [4.69, 9.17) is 10.6 Å². The molecule has 3 amide bonds. The second-order valence-electron chi connectivity index (χ2n) is 4.71. The van der Waals surface area contributed by atoms with Gasteiger partial charge in [0, 0.05) is 11.3 Å². The second-order valence-corrected chi connectivity index (χ2v) is 4.71. The van der Waals surface area contributed by atoms with Gasteiger partial charge in [-0.25, -0.2) is 10.3 Å². The fraction of sp³-hybridized carbons (Fsp3) is 0.333. The van der Waals surface area contributed by atoms with E-state index in [1.165, 1.54) is 12.1 Å². The van der Waals surface area contributed by atoms with Crippen molar-refractivity contribution in [2.75, 3.05) is 5.32 Å². The molecule has 0 bridgehead atoms. The Bertz CT molecular complexity index is 435. The normalized spacial score (nSPS) is 10.8. The van der Waals surface area contributed by atoms with Crippen molar-refractivity contribution in [1.82, 2.24) is 5.48 Å². The zero-order chi connectivity index (χ0) is 13.8. The number of carbonyl (C=O) groups is 2. The summed E-state index contributed by atoms with van der Waals surface area (Å²) in [4.78, 5) is 27.4. The summed E-state index contributed by atoms with van der Waals surface area (Å²) in [5.41, 5.74) is 7.82. The molecule has 1 rings (SSSR count). The first kappa shape index (κ1) is 14.0. The Morgan fingerprint density at radius 3 is 2.17 bits per heavy atom. The minimum Gasteiger partial charge on any atom is -0.366 e. The highest BCUT2D eigenvalue weighted by molar-refractivity contribution is 5.94. The molecule has 1 aromatic rings. The van der Waals surface area contributed by atoms with Crippen molar-refractivity contribution in [3.63, 3.8) is 0 Å². The maximum Gasteiger partial charge on any atom is 0.343 e. The topological polar surface area (TPSA) is 93.4 Å². The van der Waals surface area contributed by atoms with Crippen LogP contribution in [0.1, 0.15) is 31.1 Å². The molecule has 0 saturated heterocycles. The van der Waals surface area contributed by atoms with Crippen molar-refractivity contribution >= 4 is 17.6 Å². The highest BCUT2D eigenvalue weighted by Crippen LogP contribution is 2.09. The lowest BCUT2D eigenvalue weighted by Crippen LogP contribution is -2.36. The number of benzene rings is 1. The summed E-state index contributed by atoms with van der Waals surface area (Å²) >= 11 is 0. The molecule has 0 heterocycles. The van der Waals surface area contributed by atoms with Crippen molar-refractivity contribution in [3.8, 4) is 0 Å². The van der Waals surface area contributed by atoms with Gasteiger partial charge in [0.1, 0.15) is 0 Å². The van der Waals surface area contributed by atoms with Crippen LogP contribution in [-0.4, -0.2) is 17.5 Å². The largest absolute Gasteiger partial charge is 0.366 e. The molecular weight excluding hydrogens is 234 g/mol. The van der Waals surface area contributed by atoms with E-state index in [2.05, 4.69) is 10.8 Å². The quantitative estimate of drug-likeness (QED) is 0.713. The molecule has 0 aliphatic heterocycles. The first-order valence-electron chi connectivity index (χ1n) is 5.43. The van der Waals surface area contributed by atoms with Crippen LogP contribution in [0.3, 0.4) is 0 Å². The molecule has 1 aromatic carbocycles. The van der Waals surface area contributed by atoms with Gasteiger partial charge >= 0.3 is 6.03 Å². The molecule has 0 radical (unpaired) electrons. The van der Waals surface area contributed by atoms with Crippen molar-refractivity contribution < 1.29 is 14.4 Å². The number of hydroxylamine groups is 1. The molecule has 0 aromatic heterocycles. The highest BCUT2D eigenvalue weighted by atomic mass is 16.7. The molecule has 0 fully saturated rings. The van der Waals surface area contributed by atoms with E-state index in [0.29, 0.717) is 11.3 Å². The maximum atomic E-state index is 11.4. The lowest BCUT2D eigenvalue weighted by molar-refractivity contribution is -0.0505. The molecule has 0 aliphatic carbocycles. The van der Waals surface area contributed by atoms with Gasteiger partial charge in [0.15, 0.2) is 0 Å². The summed E-state index contributed by atoms with van der Waals surface area (Å²) in [5.74, 6) is -0.512. The number of urea groups is 1. The lowest BCUT2D eigenvalue weighted by Gasteiger charge is -2.19. The first-order valence-corrected chi connectivity index (χ1v) is 5.43. The average molecular weight is 251 g/mol. The number of hydrogen-bond donors (Lipinski definition) is 3. The third-order valence-electron chi connectivity index (χ3n) is 1.88. The Balaban J connectivity index is 2.52. The molecule has 0 unspecified atom stereocenters. The van der Waals surface area contributed by atoms with Gasteiger partial charge in [-0.15, -0.1) is 0 Å². The molecule has 0 aliphatic rings. The smallest absolute Gasteiger partial charge is 0.343 e. The van der Waals surface area contributed by atoms with Crippen LogP contribution in [-0.2, 0) is 4.84 Å².